The molecule has 0 bridgehead atoms. The van der Waals surface area contributed by atoms with Gasteiger partial charge in [0.15, 0.2) is 0 Å². The van der Waals surface area contributed by atoms with Crippen LogP contribution in [-0.4, -0.2) is 61.4 Å². The van der Waals surface area contributed by atoms with E-state index in [0.29, 0.717) is 18.1 Å². The molecule has 0 saturated carbocycles. The van der Waals surface area contributed by atoms with E-state index in [0.717, 1.165) is 13.0 Å². The number of rotatable bonds is 10. The molecule has 1 radical (unpaired) electrons. The summed E-state index contributed by atoms with van der Waals surface area (Å²) in [7, 11) is 4.02. The Kier molecular flexibility index (Phi) is 10.7. The average molecular weight is 288 g/mol. The molecule has 2 amide bonds. The first kappa shape index (κ1) is 18.2. The Morgan fingerprint density at radius 2 is 2.00 bits per heavy atom. The Bertz CT molecular complexity index is 271. The summed E-state index contributed by atoms with van der Waals surface area (Å²) in [4.78, 5) is 24.8. The van der Waals surface area contributed by atoms with Gasteiger partial charge in [-0.05, 0) is 40.9 Å². The number of amides is 2. The van der Waals surface area contributed by atoms with Crippen molar-refractivity contribution in [2.24, 2.45) is 0 Å². The molecule has 19 heavy (non-hydrogen) atoms. The van der Waals surface area contributed by atoms with Crippen molar-refractivity contribution >= 4 is 23.6 Å². The summed E-state index contributed by atoms with van der Waals surface area (Å²) in [5.74, 6) is 0.909. The van der Waals surface area contributed by atoms with Gasteiger partial charge in [0, 0.05) is 18.3 Å². The molecule has 111 valence electrons. The Balaban J connectivity index is 3.41. The van der Waals surface area contributed by atoms with E-state index in [9.17, 15) is 9.59 Å². The maximum Gasteiger partial charge on any atom is 0.229 e. The van der Waals surface area contributed by atoms with Crippen LogP contribution in [0.25, 0.3) is 0 Å². The Labute approximate surface area is 120 Å². The molecule has 0 spiro atoms. The lowest BCUT2D eigenvalue weighted by Gasteiger charge is -2.10. The smallest absolute Gasteiger partial charge is 0.229 e. The first-order valence-corrected chi connectivity index (χ1v) is 7.70. The monoisotopic (exact) mass is 288 g/mol. The lowest BCUT2D eigenvalue weighted by Crippen LogP contribution is -2.31. The van der Waals surface area contributed by atoms with Gasteiger partial charge in [-0.2, -0.15) is 11.8 Å². The highest BCUT2D eigenvalue weighted by Crippen LogP contribution is 2.01. The normalized spacial score (nSPS) is 10.8. The van der Waals surface area contributed by atoms with Crippen LogP contribution in [0.15, 0.2) is 0 Å². The zero-order chi connectivity index (χ0) is 14.7. The minimum Gasteiger partial charge on any atom is -0.355 e. The van der Waals surface area contributed by atoms with Crippen molar-refractivity contribution < 1.29 is 9.59 Å². The molecule has 0 aromatic carbocycles. The molecule has 0 unspecified atom stereocenters. The molecule has 6 heteroatoms. The molecule has 0 aliphatic rings. The predicted molar refractivity (Wildman–Crippen MR) is 81.1 cm³/mol. The SMILES string of the molecule is CC(C)NC(=O)[CH]CSCC(=O)NCCCN(C)C. The topological polar surface area (TPSA) is 61.4 Å². The molecule has 0 aromatic heterocycles. The van der Waals surface area contributed by atoms with E-state index in [2.05, 4.69) is 15.5 Å². The first-order valence-electron chi connectivity index (χ1n) is 6.54. The number of hydrogen-bond acceptors (Lipinski definition) is 4. The van der Waals surface area contributed by atoms with E-state index >= 15 is 0 Å². The van der Waals surface area contributed by atoms with Crippen LogP contribution in [-0.2, 0) is 9.59 Å². The van der Waals surface area contributed by atoms with Gasteiger partial charge in [0.25, 0.3) is 0 Å². The van der Waals surface area contributed by atoms with E-state index in [4.69, 9.17) is 0 Å². The van der Waals surface area contributed by atoms with Crippen LogP contribution >= 0.6 is 11.8 Å². The maximum absolute atomic E-state index is 11.5. The lowest BCUT2D eigenvalue weighted by atomic mass is 10.3. The molecule has 0 aliphatic carbocycles. The van der Waals surface area contributed by atoms with Gasteiger partial charge in [-0.1, -0.05) is 0 Å². The summed E-state index contributed by atoms with van der Waals surface area (Å²) >= 11 is 1.44. The third-order valence-electron chi connectivity index (χ3n) is 2.15. The van der Waals surface area contributed by atoms with Gasteiger partial charge in [-0.3, -0.25) is 9.59 Å². The maximum atomic E-state index is 11.5. The summed E-state index contributed by atoms with van der Waals surface area (Å²) in [5.41, 5.74) is 0. The molecule has 2 N–H and O–H groups in total. The van der Waals surface area contributed by atoms with Crippen molar-refractivity contribution in [2.45, 2.75) is 26.3 Å². The van der Waals surface area contributed by atoms with Crippen molar-refractivity contribution in [3.05, 3.63) is 6.42 Å². The van der Waals surface area contributed by atoms with E-state index in [-0.39, 0.29) is 17.9 Å². The molecule has 5 nitrogen and oxygen atoms in total. The number of carbonyl (C=O) groups is 2. The van der Waals surface area contributed by atoms with Crippen LogP contribution in [0.3, 0.4) is 0 Å². The van der Waals surface area contributed by atoms with Gasteiger partial charge in [0.2, 0.25) is 11.8 Å². The molecule has 0 aliphatic heterocycles. The highest BCUT2D eigenvalue weighted by atomic mass is 32.2. The molecule has 0 heterocycles. The van der Waals surface area contributed by atoms with Crippen LogP contribution in [0.2, 0.25) is 0 Å². The lowest BCUT2D eigenvalue weighted by molar-refractivity contribution is -0.119. The molecule has 0 aromatic rings. The van der Waals surface area contributed by atoms with Gasteiger partial charge in [0.05, 0.1) is 12.2 Å². The van der Waals surface area contributed by atoms with Gasteiger partial charge < -0.3 is 15.5 Å². The van der Waals surface area contributed by atoms with Gasteiger partial charge in [0.1, 0.15) is 0 Å². The van der Waals surface area contributed by atoms with E-state index in [1.165, 1.54) is 11.8 Å². The zero-order valence-corrected chi connectivity index (χ0v) is 13.2. The largest absolute Gasteiger partial charge is 0.355 e. The Hall–Kier alpha value is -0.750. The number of nitrogens with zero attached hydrogens (tertiary/aromatic N) is 1. The van der Waals surface area contributed by atoms with Crippen LogP contribution < -0.4 is 10.6 Å². The van der Waals surface area contributed by atoms with Crippen LogP contribution in [0.1, 0.15) is 20.3 Å². The Morgan fingerprint density at radius 3 is 2.58 bits per heavy atom. The van der Waals surface area contributed by atoms with Crippen molar-refractivity contribution in [3.8, 4) is 0 Å². The number of nitrogens with one attached hydrogen (secondary N) is 2. The third kappa shape index (κ3) is 13.5. The van der Waals surface area contributed by atoms with Gasteiger partial charge in [-0.15, -0.1) is 0 Å². The summed E-state index contributed by atoms with van der Waals surface area (Å²) in [6.07, 6.45) is 2.52. The number of thioether (sulfide) groups is 1. The van der Waals surface area contributed by atoms with Crippen molar-refractivity contribution in [3.63, 3.8) is 0 Å². The van der Waals surface area contributed by atoms with Gasteiger partial charge in [-0.25, -0.2) is 0 Å². The first-order chi connectivity index (χ1) is 8.91. The molecular weight excluding hydrogens is 262 g/mol. The molecule has 0 saturated heterocycles. The van der Waals surface area contributed by atoms with Crippen molar-refractivity contribution in [1.82, 2.24) is 15.5 Å². The average Bonchev–Trinajstić information content (AvgIpc) is 2.29. The van der Waals surface area contributed by atoms with Crippen molar-refractivity contribution in [2.75, 3.05) is 38.7 Å². The van der Waals surface area contributed by atoms with Crippen LogP contribution in [0.5, 0.6) is 0 Å². The minimum absolute atomic E-state index is 0.0291. The van der Waals surface area contributed by atoms with E-state index < -0.39 is 0 Å². The van der Waals surface area contributed by atoms with E-state index in [1.807, 2.05) is 27.9 Å². The predicted octanol–water partition coefficient (Wildman–Crippen LogP) is 0.516. The van der Waals surface area contributed by atoms with Crippen LogP contribution in [0, 0.1) is 6.42 Å². The van der Waals surface area contributed by atoms with Crippen LogP contribution in [0.4, 0.5) is 0 Å². The minimum atomic E-state index is -0.0751. The second-order valence-corrected chi connectivity index (χ2v) is 5.92. The zero-order valence-electron chi connectivity index (χ0n) is 12.4. The standard InChI is InChI=1S/C13H26N3O2S/c1-11(2)15-12(17)6-9-19-10-13(18)14-7-5-8-16(3)4/h6,11H,5,7-10H2,1-4H3,(H,14,18)(H,15,17). The van der Waals surface area contributed by atoms with Crippen molar-refractivity contribution in [1.29, 1.82) is 0 Å². The molecular formula is C13H26N3O2S. The summed E-state index contributed by atoms with van der Waals surface area (Å²) in [6.45, 7) is 5.51. The highest BCUT2D eigenvalue weighted by Gasteiger charge is 2.05. The molecule has 0 rings (SSSR count). The summed E-state index contributed by atoms with van der Waals surface area (Å²) in [6, 6.07) is 0.147. The Morgan fingerprint density at radius 1 is 1.32 bits per heavy atom. The fourth-order valence-electron chi connectivity index (χ4n) is 1.30. The second-order valence-electron chi connectivity index (χ2n) is 4.89. The fraction of sp³-hybridized carbons (Fsp3) is 0.769. The number of hydrogen-bond donors (Lipinski definition) is 2. The van der Waals surface area contributed by atoms with Gasteiger partial charge >= 0.3 is 0 Å². The van der Waals surface area contributed by atoms with E-state index in [1.54, 1.807) is 6.42 Å². The third-order valence-corrected chi connectivity index (χ3v) is 3.02. The summed E-state index contributed by atoms with van der Waals surface area (Å²) < 4.78 is 0. The highest BCUT2D eigenvalue weighted by molar-refractivity contribution is 8.00. The second kappa shape index (κ2) is 11.1. The quantitative estimate of drug-likeness (QED) is 0.575. The fourth-order valence-corrected chi connectivity index (χ4v) is 1.98. The number of carbonyl (C=O) groups excluding carboxylic acids is 2. The molecule has 0 fully saturated rings. The summed E-state index contributed by atoms with van der Waals surface area (Å²) in [5, 5.41) is 5.63. The molecule has 0 atom stereocenters.